The maximum absolute atomic E-state index is 4.40. The van der Waals surface area contributed by atoms with Gasteiger partial charge in [0.2, 0.25) is 0 Å². The van der Waals surface area contributed by atoms with Gasteiger partial charge in [0.15, 0.2) is 0 Å². The van der Waals surface area contributed by atoms with E-state index in [1.165, 1.54) is 0 Å². The number of aryl methyl sites for hydroxylation is 1. The summed E-state index contributed by atoms with van der Waals surface area (Å²) in [5.74, 6) is 3.33. The van der Waals surface area contributed by atoms with E-state index < -0.39 is 0 Å². The molecule has 1 heterocycles. The Morgan fingerprint density at radius 3 is 2.44 bits per heavy atom. The molecule has 0 amide bonds. The van der Waals surface area contributed by atoms with E-state index in [1.807, 2.05) is 13.0 Å². The Morgan fingerprint density at radius 2 is 1.83 bits per heavy atom. The third kappa shape index (κ3) is 5.34. The van der Waals surface area contributed by atoms with Crippen molar-refractivity contribution in [3.05, 3.63) is 11.9 Å². The first-order valence-corrected chi connectivity index (χ1v) is 6.87. The minimum Gasteiger partial charge on any atom is -0.370 e. The molecule has 18 heavy (non-hydrogen) atoms. The number of nitrogens with one attached hydrogen (secondary N) is 2. The fourth-order valence-electron chi connectivity index (χ4n) is 1.58. The van der Waals surface area contributed by atoms with E-state index in [9.17, 15) is 0 Å². The molecule has 0 saturated heterocycles. The third-order valence-corrected chi connectivity index (χ3v) is 2.87. The van der Waals surface area contributed by atoms with Gasteiger partial charge in [-0.15, -0.1) is 0 Å². The number of rotatable bonds is 7. The summed E-state index contributed by atoms with van der Waals surface area (Å²) in [5.41, 5.74) is 0. The van der Waals surface area contributed by atoms with Gasteiger partial charge in [0.25, 0.3) is 0 Å². The molecule has 1 aromatic heterocycles. The van der Waals surface area contributed by atoms with Crippen LogP contribution >= 0.6 is 0 Å². The summed E-state index contributed by atoms with van der Waals surface area (Å²) in [7, 11) is 0. The van der Waals surface area contributed by atoms with E-state index >= 15 is 0 Å². The molecule has 0 saturated carbocycles. The Morgan fingerprint density at radius 1 is 1.17 bits per heavy atom. The molecule has 0 bridgehead atoms. The Labute approximate surface area is 111 Å². The molecule has 0 spiro atoms. The summed E-state index contributed by atoms with van der Waals surface area (Å²) in [5, 5.41) is 6.74. The van der Waals surface area contributed by atoms with Crippen LogP contribution in [0, 0.1) is 12.8 Å². The van der Waals surface area contributed by atoms with Crippen molar-refractivity contribution in [2.24, 2.45) is 5.92 Å². The number of hydrogen-bond donors (Lipinski definition) is 2. The second kappa shape index (κ2) is 7.19. The lowest BCUT2D eigenvalue weighted by Gasteiger charge is -2.14. The quantitative estimate of drug-likeness (QED) is 0.778. The van der Waals surface area contributed by atoms with Crippen LogP contribution in [-0.2, 0) is 0 Å². The van der Waals surface area contributed by atoms with Gasteiger partial charge in [-0.2, -0.15) is 0 Å². The first kappa shape index (κ1) is 14.7. The average Bonchev–Trinajstić information content (AvgIpc) is 2.27. The second-order valence-corrected chi connectivity index (χ2v) is 5.25. The fraction of sp³-hybridized carbons (Fsp3) is 0.714. The van der Waals surface area contributed by atoms with Gasteiger partial charge < -0.3 is 10.6 Å². The molecule has 102 valence electrons. The van der Waals surface area contributed by atoms with Crippen LogP contribution in [-0.4, -0.2) is 22.6 Å². The standard InChI is InChI=1S/C14H26N4/c1-6-11(4)16-14-9-13(17-12(5)18-14)15-8-7-10(2)3/h9-11H,6-8H2,1-5H3,(H2,15,16,17,18). The van der Waals surface area contributed by atoms with Gasteiger partial charge in [-0.05, 0) is 32.6 Å². The maximum Gasteiger partial charge on any atom is 0.132 e. The molecule has 0 aliphatic carbocycles. The number of hydrogen-bond acceptors (Lipinski definition) is 4. The first-order valence-electron chi connectivity index (χ1n) is 6.87. The van der Waals surface area contributed by atoms with Crippen molar-refractivity contribution in [3.63, 3.8) is 0 Å². The van der Waals surface area contributed by atoms with Crippen LogP contribution < -0.4 is 10.6 Å². The minimum absolute atomic E-state index is 0.433. The van der Waals surface area contributed by atoms with Crippen LogP contribution in [0.5, 0.6) is 0 Å². The van der Waals surface area contributed by atoms with Crippen molar-refractivity contribution < 1.29 is 0 Å². The average molecular weight is 250 g/mol. The topological polar surface area (TPSA) is 49.8 Å². The zero-order chi connectivity index (χ0) is 13.5. The molecular formula is C14H26N4. The van der Waals surface area contributed by atoms with Gasteiger partial charge in [0.1, 0.15) is 17.5 Å². The third-order valence-electron chi connectivity index (χ3n) is 2.87. The van der Waals surface area contributed by atoms with Crippen LogP contribution in [0.3, 0.4) is 0 Å². The summed E-state index contributed by atoms with van der Waals surface area (Å²) in [6.07, 6.45) is 2.23. The number of anilines is 2. The number of aromatic nitrogens is 2. The van der Waals surface area contributed by atoms with Gasteiger partial charge in [-0.3, -0.25) is 0 Å². The van der Waals surface area contributed by atoms with Crippen molar-refractivity contribution in [3.8, 4) is 0 Å². The Balaban J connectivity index is 2.62. The van der Waals surface area contributed by atoms with Crippen molar-refractivity contribution in [1.29, 1.82) is 0 Å². The highest BCUT2D eigenvalue weighted by atomic mass is 15.1. The van der Waals surface area contributed by atoms with E-state index in [4.69, 9.17) is 0 Å². The highest BCUT2D eigenvalue weighted by Crippen LogP contribution is 2.13. The molecule has 4 heteroatoms. The lowest BCUT2D eigenvalue weighted by Crippen LogP contribution is -2.16. The molecule has 1 atom stereocenters. The van der Waals surface area contributed by atoms with Gasteiger partial charge >= 0.3 is 0 Å². The molecule has 1 rings (SSSR count). The first-order chi connectivity index (χ1) is 8.51. The van der Waals surface area contributed by atoms with Gasteiger partial charge in [0, 0.05) is 18.7 Å². The highest BCUT2D eigenvalue weighted by molar-refractivity contribution is 5.47. The molecule has 0 fully saturated rings. The van der Waals surface area contributed by atoms with E-state index in [0.717, 1.165) is 36.8 Å². The highest BCUT2D eigenvalue weighted by Gasteiger charge is 2.04. The van der Waals surface area contributed by atoms with Crippen LogP contribution in [0.1, 0.15) is 46.4 Å². The number of nitrogens with zero attached hydrogens (tertiary/aromatic N) is 2. The predicted molar refractivity (Wildman–Crippen MR) is 78.1 cm³/mol. The minimum atomic E-state index is 0.433. The van der Waals surface area contributed by atoms with Crippen LogP contribution in [0.2, 0.25) is 0 Å². The van der Waals surface area contributed by atoms with E-state index in [2.05, 4.69) is 48.3 Å². The molecule has 4 nitrogen and oxygen atoms in total. The van der Waals surface area contributed by atoms with Gasteiger partial charge in [-0.1, -0.05) is 20.8 Å². The molecule has 1 unspecified atom stereocenters. The summed E-state index contributed by atoms with van der Waals surface area (Å²) in [6, 6.07) is 2.42. The van der Waals surface area contributed by atoms with Crippen LogP contribution in [0.15, 0.2) is 6.07 Å². The fourth-order valence-corrected chi connectivity index (χ4v) is 1.58. The smallest absolute Gasteiger partial charge is 0.132 e. The molecule has 2 N–H and O–H groups in total. The zero-order valence-corrected chi connectivity index (χ0v) is 12.2. The second-order valence-electron chi connectivity index (χ2n) is 5.25. The molecule has 0 aliphatic heterocycles. The normalized spacial score (nSPS) is 12.6. The van der Waals surface area contributed by atoms with Crippen LogP contribution in [0.4, 0.5) is 11.6 Å². The lowest BCUT2D eigenvalue weighted by molar-refractivity contribution is 0.606. The van der Waals surface area contributed by atoms with Gasteiger partial charge in [0.05, 0.1) is 0 Å². The summed E-state index contributed by atoms with van der Waals surface area (Å²) in [4.78, 5) is 8.80. The van der Waals surface area contributed by atoms with Crippen molar-refractivity contribution in [1.82, 2.24) is 9.97 Å². The Kier molecular flexibility index (Phi) is 5.89. The SMILES string of the molecule is CCC(C)Nc1cc(NCCC(C)C)nc(C)n1. The van der Waals surface area contributed by atoms with E-state index in [-0.39, 0.29) is 0 Å². The maximum atomic E-state index is 4.40. The summed E-state index contributed by atoms with van der Waals surface area (Å²) < 4.78 is 0. The lowest BCUT2D eigenvalue weighted by atomic mass is 10.1. The zero-order valence-electron chi connectivity index (χ0n) is 12.2. The van der Waals surface area contributed by atoms with Crippen molar-refractivity contribution >= 4 is 11.6 Å². The summed E-state index contributed by atoms with van der Waals surface area (Å²) >= 11 is 0. The summed E-state index contributed by atoms with van der Waals surface area (Å²) in [6.45, 7) is 11.6. The van der Waals surface area contributed by atoms with E-state index in [1.54, 1.807) is 0 Å². The molecule has 0 aromatic carbocycles. The van der Waals surface area contributed by atoms with E-state index in [0.29, 0.717) is 12.0 Å². The predicted octanol–water partition coefficient (Wildman–Crippen LogP) is 3.45. The van der Waals surface area contributed by atoms with Crippen molar-refractivity contribution in [2.45, 2.75) is 53.5 Å². The Hall–Kier alpha value is -1.32. The largest absolute Gasteiger partial charge is 0.370 e. The monoisotopic (exact) mass is 250 g/mol. The Bertz CT molecular complexity index is 363. The van der Waals surface area contributed by atoms with Crippen LogP contribution in [0.25, 0.3) is 0 Å². The molecule has 0 radical (unpaired) electrons. The molecule has 0 aliphatic rings. The molecule has 1 aromatic rings. The van der Waals surface area contributed by atoms with Gasteiger partial charge in [-0.25, -0.2) is 9.97 Å². The molecular weight excluding hydrogens is 224 g/mol. The van der Waals surface area contributed by atoms with Crippen molar-refractivity contribution in [2.75, 3.05) is 17.2 Å².